The first-order valence-electron chi connectivity index (χ1n) is 10.8. The molecule has 0 saturated carbocycles. The smallest absolute Gasteiger partial charge is 0.269 e. The van der Waals surface area contributed by atoms with E-state index in [1.165, 1.54) is 22.2 Å². The molecule has 0 spiro atoms. The second kappa shape index (κ2) is 9.67. The monoisotopic (exact) mass is 491 g/mol. The van der Waals surface area contributed by atoms with Crippen LogP contribution in [-0.4, -0.2) is 29.1 Å². The number of nitrogens with zero attached hydrogens (tertiary/aromatic N) is 3. The van der Waals surface area contributed by atoms with Crippen LogP contribution in [0.3, 0.4) is 0 Å². The lowest BCUT2D eigenvalue weighted by Gasteiger charge is -2.19. The van der Waals surface area contributed by atoms with Crippen molar-refractivity contribution in [3.63, 3.8) is 0 Å². The Labute approximate surface area is 207 Å². The molecule has 7 heteroatoms. The normalized spacial score (nSPS) is 19.0. The van der Waals surface area contributed by atoms with Crippen molar-refractivity contribution in [2.24, 2.45) is 4.99 Å². The molecule has 3 aromatic rings. The second-order valence-electron chi connectivity index (χ2n) is 7.61. The summed E-state index contributed by atoms with van der Waals surface area (Å²) in [4.78, 5) is 24.5. The third-order valence-electron chi connectivity index (χ3n) is 5.50. The summed E-state index contributed by atoms with van der Waals surface area (Å²) in [6.07, 6.45) is 0.764. The van der Waals surface area contributed by atoms with Crippen molar-refractivity contribution in [2.45, 2.75) is 18.2 Å². The first-order valence-corrected chi connectivity index (χ1v) is 12.8. The molecule has 0 atom stereocenters. The maximum Gasteiger partial charge on any atom is 0.269 e. The van der Waals surface area contributed by atoms with Crippen molar-refractivity contribution >= 4 is 57.6 Å². The fourth-order valence-electron chi connectivity index (χ4n) is 3.84. The van der Waals surface area contributed by atoms with E-state index in [2.05, 4.69) is 36.1 Å². The third kappa shape index (κ3) is 4.56. The van der Waals surface area contributed by atoms with Crippen LogP contribution >= 0.6 is 35.1 Å². The van der Waals surface area contributed by atoms with Gasteiger partial charge in [-0.1, -0.05) is 65.8 Å². The number of halogens is 1. The molecule has 0 N–H and O–H groups in total. The lowest BCUT2D eigenvalue weighted by atomic mass is 10.1. The van der Waals surface area contributed by atoms with E-state index >= 15 is 0 Å². The SMILES string of the molecule is CCN1C(=C2SC(=Nc3ccc(Cl)cc3)N(CCc3ccccc3)C2=O)Sc2ccccc21. The zero-order valence-corrected chi connectivity index (χ0v) is 20.5. The number of thioether (sulfide) groups is 2. The summed E-state index contributed by atoms with van der Waals surface area (Å²) in [5.74, 6) is 0.0115. The van der Waals surface area contributed by atoms with Gasteiger partial charge >= 0.3 is 0 Å². The van der Waals surface area contributed by atoms with Crippen LogP contribution in [0.1, 0.15) is 12.5 Å². The molecule has 1 saturated heterocycles. The number of hydrogen-bond acceptors (Lipinski definition) is 5. The summed E-state index contributed by atoms with van der Waals surface area (Å²) in [6.45, 7) is 3.48. The summed E-state index contributed by atoms with van der Waals surface area (Å²) >= 11 is 9.17. The van der Waals surface area contributed by atoms with Crippen molar-refractivity contribution in [1.29, 1.82) is 0 Å². The maximum absolute atomic E-state index is 13.7. The summed E-state index contributed by atoms with van der Waals surface area (Å²) in [6, 6.07) is 25.9. The molecule has 2 aliphatic heterocycles. The minimum atomic E-state index is 0.0115. The van der Waals surface area contributed by atoms with Gasteiger partial charge in [-0.25, -0.2) is 4.99 Å². The second-order valence-corrected chi connectivity index (χ2v) is 10.1. The van der Waals surface area contributed by atoms with E-state index in [1.807, 2.05) is 59.5 Å². The number of aliphatic imine (C=N–C) groups is 1. The Hall–Kier alpha value is -2.67. The Morgan fingerprint density at radius 3 is 2.36 bits per heavy atom. The van der Waals surface area contributed by atoms with Crippen LogP contribution < -0.4 is 4.90 Å². The van der Waals surface area contributed by atoms with E-state index in [-0.39, 0.29) is 5.91 Å². The number of carbonyl (C=O) groups is 1. The van der Waals surface area contributed by atoms with Crippen LogP contribution in [0.15, 0.2) is 98.7 Å². The van der Waals surface area contributed by atoms with E-state index in [4.69, 9.17) is 16.6 Å². The van der Waals surface area contributed by atoms with Crippen LogP contribution in [0.4, 0.5) is 11.4 Å². The predicted molar refractivity (Wildman–Crippen MR) is 140 cm³/mol. The fourth-order valence-corrected chi connectivity index (χ4v) is 6.39. The lowest BCUT2D eigenvalue weighted by molar-refractivity contribution is -0.122. The van der Waals surface area contributed by atoms with Gasteiger partial charge in [0.15, 0.2) is 5.17 Å². The standard InChI is InChI=1S/C26H22ClN3OS2/c1-2-29-21-10-6-7-11-22(21)32-25(29)23-24(31)30(17-16-18-8-4-3-5-9-18)26(33-23)28-20-14-12-19(27)13-15-20/h3-15H,2,16-17H2,1H3. The first kappa shape index (κ1) is 22.1. The molecule has 3 aromatic carbocycles. The zero-order chi connectivity index (χ0) is 22.8. The highest BCUT2D eigenvalue weighted by Crippen LogP contribution is 2.50. The number of amidine groups is 1. The molecule has 0 bridgehead atoms. The number of benzene rings is 3. The Morgan fingerprint density at radius 1 is 0.879 bits per heavy atom. The van der Waals surface area contributed by atoms with Gasteiger partial charge in [-0.3, -0.25) is 9.69 Å². The average Bonchev–Trinajstić information content (AvgIpc) is 3.36. The van der Waals surface area contributed by atoms with Gasteiger partial charge in [0.1, 0.15) is 9.93 Å². The minimum Gasteiger partial charge on any atom is -0.334 e. The van der Waals surface area contributed by atoms with Gasteiger partial charge in [0.2, 0.25) is 0 Å². The Kier molecular flexibility index (Phi) is 6.49. The van der Waals surface area contributed by atoms with Crippen molar-refractivity contribution in [3.05, 3.63) is 99.4 Å². The number of fused-ring (bicyclic) bond motifs is 1. The van der Waals surface area contributed by atoms with Crippen LogP contribution in [0.25, 0.3) is 0 Å². The Balaban J connectivity index is 1.51. The predicted octanol–water partition coefficient (Wildman–Crippen LogP) is 6.95. The zero-order valence-electron chi connectivity index (χ0n) is 18.1. The molecule has 0 unspecified atom stereocenters. The van der Waals surface area contributed by atoms with E-state index in [0.29, 0.717) is 16.7 Å². The van der Waals surface area contributed by atoms with Crippen molar-refractivity contribution in [3.8, 4) is 0 Å². The van der Waals surface area contributed by atoms with Crippen molar-refractivity contribution < 1.29 is 4.79 Å². The van der Waals surface area contributed by atoms with Crippen LogP contribution in [0.2, 0.25) is 5.02 Å². The highest BCUT2D eigenvalue weighted by atomic mass is 35.5. The maximum atomic E-state index is 13.7. The number of rotatable bonds is 5. The van der Waals surface area contributed by atoms with Gasteiger partial charge in [-0.15, -0.1) is 0 Å². The van der Waals surface area contributed by atoms with E-state index in [0.717, 1.165) is 34.3 Å². The topological polar surface area (TPSA) is 35.9 Å². The molecule has 0 radical (unpaired) electrons. The number of amides is 1. The summed E-state index contributed by atoms with van der Waals surface area (Å²) < 4.78 is 0. The summed E-state index contributed by atoms with van der Waals surface area (Å²) in [7, 11) is 0. The number of para-hydroxylation sites is 1. The molecular weight excluding hydrogens is 470 g/mol. The van der Waals surface area contributed by atoms with Crippen molar-refractivity contribution in [1.82, 2.24) is 4.90 Å². The van der Waals surface area contributed by atoms with Gasteiger partial charge in [0.25, 0.3) is 5.91 Å². The molecule has 1 amide bonds. The largest absolute Gasteiger partial charge is 0.334 e. The summed E-state index contributed by atoms with van der Waals surface area (Å²) in [5.41, 5.74) is 3.13. The van der Waals surface area contributed by atoms with E-state index in [9.17, 15) is 4.79 Å². The highest BCUT2D eigenvalue weighted by Gasteiger charge is 2.39. The van der Waals surface area contributed by atoms with Gasteiger partial charge in [0, 0.05) is 23.0 Å². The molecule has 166 valence electrons. The molecule has 4 nitrogen and oxygen atoms in total. The van der Waals surface area contributed by atoms with Crippen LogP contribution in [0, 0.1) is 0 Å². The highest BCUT2D eigenvalue weighted by molar-refractivity contribution is 8.19. The molecule has 5 rings (SSSR count). The van der Waals surface area contributed by atoms with E-state index in [1.54, 1.807) is 11.8 Å². The fraction of sp³-hybridized carbons (Fsp3) is 0.154. The Morgan fingerprint density at radius 2 is 1.61 bits per heavy atom. The van der Waals surface area contributed by atoms with Crippen LogP contribution in [-0.2, 0) is 11.2 Å². The van der Waals surface area contributed by atoms with Crippen molar-refractivity contribution in [2.75, 3.05) is 18.0 Å². The van der Waals surface area contributed by atoms with Gasteiger partial charge in [0.05, 0.1) is 11.4 Å². The van der Waals surface area contributed by atoms with Gasteiger partial charge in [-0.05, 0) is 67.1 Å². The number of carbonyl (C=O) groups excluding carboxylic acids is 1. The number of hydrogen-bond donors (Lipinski definition) is 0. The third-order valence-corrected chi connectivity index (χ3v) is 8.13. The first-order chi connectivity index (χ1) is 16.1. The summed E-state index contributed by atoms with van der Waals surface area (Å²) in [5, 5.41) is 2.35. The Bertz CT molecular complexity index is 1240. The molecular formula is C26H22ClN3OS2. The average molecular weight is 492 g/mol. The molecule has 0 aromatic heterocycles. The minimum absolute atomic E-state index is 0.0115. The van der Waals surface area contributed by atoms with E-state index < -0.39 is 0 Å². The molecule has 2 aliphatic rings. The van der Waals surface area contributed by atoms with Crippen LogP contribution in [0.5, 0.6) is 0 Å². The number of anilines is 1. The van der Waals surface area contributed by atoms with Gasteiger partial charge < -0.3 is 4.90 Å². The molecule has 2 heterocycles. The molecule has 0 aliphatic carbocycles. The lowest BCUT2D eigenvalue weighted by Crippen LogP contribution is -2.32. The van der Waals surface area contributed by atoms with Gasteiger partial charge in [-0.2, -0.15) is 0 Å². The molecule has 33 heavy (non-hydrogen) atoms. The molecule has 1 fully saturated rings. The quantitative estimate of drug-likeness (QED) is 0.362.